The summed E-state index contributed by atoms with van der Waals surface area (Å²) in [5.41, 5.74) is 0. The first kappa shape index (κ1) is 15.5. The van der Waals surface area contributed by atoms with E-state index in [9.17, 15) is 9.59 Å². The van der Waals surface area contributed by atoms with Crippen LogP contribution in [-0.2, 0) is 9.59 Å². The van der Waals surface area contributed by atoms with Crippen molar-refractivity contribution in [2.75, 3.05) is 31.1 Å². The van der Waals surface area contributed by atoms with E-state index in [1.54, 1.807) is 0 Å². The number of rotatable bonds is 5. The molecule has 104 valence electrons. The predicted octanol–water partition coefficient (Wildman–Crippen LogP) is 1.16. The van der Waals surface area contributed by atoms with Crippen LogP contribution in [0.15, 0.2) is 0 Å². The summed E-state index contributed by atoms with van der Waals surface area (Å²) >= 11 is 1.94. The molecule has 1 fully saturated rings. The van der Waals surface area contributed by atoms with Crippen molar-refractivity contribution in [3.05, 3.63) is 0 Å². The number of amides is 1. The van der Waals surface area contributed by atoms with Crippen LogP contribution in [0.4, 0.5) is 0 Å². The van der Waals surface area contributed by atoms with E-state index < -0.39 is 0 Å². The number of hydrogen-bond donors (Lipinski definition) is 1. The summed E-state index contributed by atoms with van der Waals surface area (Å²) in [6.45, 7) is 7.80. The lowest BCUT2D eigenvalue weighted by atomic mass is 10.0. The zero-order valence-corrected chi connectivity index (χ0v) is 12.4. The van der Waals surface area contributed by atoms with Crippen molar-refractivity contribution in [1.29, 1.82) is 0 Å². The van der Waals surface area contributed by atoms with Gasteiger partial charge in [-0.2, -0.15) is 11.8 Å². The Hall–Kier alpha value is -0.550. The van der Waals surface area contributed by atoms with E-state index in [1.165, 1.54) is 12.7 Å². The molecule has 1 saturated heterocycles. The molecule has 1 N–H and O–H groups in total. The van der Waals surface area contributed by atoms with Gasteiger partial charge in [-0.3, -0.25) is 14.5 Å². The smallest absolute Gasteiger partial charge is 0.234 e. The van der Waals surface area contributed by atoms with E-state index in [4.69, 9.17) is 0 Å². The number of carbonyl (C=O) groups excluding carboxylic acids is 2. The number of nitrogens with one attached hydrogen (secondary N) is 1. The Balaban J connectivity index is 2.41. The van der Waals surface area contributed by atoms with E-state index >= 15 is 0 Å². The molecule has 0 bridgehead atoms. The molecule has 1 amide bonds. The third kappa shape index (κ3) is 5.40. The lowest BCUT2D eigenvalue weighted by Gasteiger charge is -2.23. The van der Waals surface area contributed by atoms with Crippen LogP contribution in [0.2, 0.25) is 0 Å². The fraction of sp³-hybridized carbons (Fsp3) is 0.846. The molecule has 0 aromatic carbocycles. The molecule has 0 aromatic heterocycles. The minimum Gasteiger partial charge on any atom is -0.345 e. The minimum absolute atomic E-state index is 0.0317. The lowest BCUT2D eigenvalue weighted by Crippen LogP contribution is -2.47. The van der Waals surface area contributed by atoms with Gasteiger partial charge in [-0.25, -0.2) is 0 Å². The maximum atomic E-state index is 11.9. The van der Waals surface area contributed by atoms with Gasteiger partial charge in [-0.1, -0.05) is 13.8 Å². The molecular formula is C13H24N2O2S. The van der Waals surface area contributed by atoms with Gasteiger partial charge in [0.1, 0.15) is 0 Å². The lowest BCUT2D eigenvalue weighted by molar-refractivity contribution is -0.128. The van der Waals surface area contributed by atoms with Crippen molar-refractivity contribution >= 4 is 23.5 Å². The highest BCUT2D eigenvalue weighted by Crippen LogP contribution is 2.09. The highest BCUT2D eigenvalue weighted by atomic mass is 32.2. The summed E-state index contributed by atoms with van der Waals surface area (Å²) in [5, 5.41) is 2.85. The second-order valence-corrected chi connectivity index (χ2v) is 6.37. The van der Waals surface area contributed by atoms with Gasteiger partial charge in [-0.05, 0) is 31.6 Å². The van der Waals surface area contributed by atoms with Gasteiger partial charge in [-0.15, -0.1) is 0 Å². The highest BCUT2D eigenvalue weighted by Gasteiger charge is 2.21. The number of ketones is 1. The summed E-state index contributed by atoms with van der Waals surface area (Å²) in [4.78, 5) is 25.5. The quantitative estimate of drug-likeness (QED) is 0.816. The van der Waals surface area contributed by atoms with Gasteiger partial charge in [0, 0.05) is 12.3 Å². The van der Waals surface area contributed by atoms with Crippen molar-refractivity contribution < 1.29 is 9.59 Å². The first-order valence-corrected chi connectivity index (χ1v) is 7.76. The van der Waals surface area contributed by atoms with Crippen molar-refractivity contribution in [2.45, 2.75) is 33.2 Å². The molecule has 0 aliphatic carbocycles. The monoisotopic (exact) mass is 272 g/mol. The second-order valence-electron chi connectivity index (χ2n) is 5.14. The molecule has 1 unspecified atom stereocenters. The maximum Gasteiger partial charge on any atom is 0.234 e. The van der Waals surface area contributed by atoms with Crippen molar-refractivity contribution in [3.8, 4) is 0 Å². The predicted molar refractivity (Wildman–Crippen MR) is 75.8 cm³/mol. The van der Waals surface area contributed by atoms with Crippen molar-refractivity contribution in [2.24, 2.45) is 5.92 Å². The molecule has 1 heterocycles. The highest BCUT2D eigenvalue weighted by molar-refractivity contribution is 7.99. The number of Topliss-reactive ketones (excluding diaryl/α,β-unsaturated/α-hetero) is 1. The second kappa shape index (κ2) is 7.79. The topological polar surface area (TPSA) is 49.4 Å². The number of nitrogens with zero attached hydrogens (tertiary/aromatic N) is 1. The molecule has 0 saturated carbocycles. The number of carbonyl (C=O) groups is 2. The summed E-state index contributed by atoms with van der Waals surface area (Å²) in [6, 6.07) is -0.348. The van der Waals surface area contributed by atoms with Crippen LogP contribution in [0.5, 0.6) is 0 Å². The minimum atomic E-state index is -0.348. The fourth-order valence-electron chi connectivity index (χ4n) is 2.12. The van der Waals surface area contributed by atoms with E-state index in [0.717, 1.165) is 25.3 Å². The molecular weight excluding hydrogens is 248 g/mol. The Kier molecular flexibility index (Phi) is 6.71. The first-order chi connectivity index (χ1) is 8.50. The van der Waals surface area contributed by atoms with Crippen LogP contribution in [0.3, 0.4) is 0 Å². The average Bonchev–Trinajstić information content (AvgIpc) is 2.53. The van der Waals surface area contributed by atoms with Gasteiger partial charge in [0.2, 0.25) is 5.91 Å². The van der Waals surface area contributed by atoms with E-state index in [-0.39, 0.29) is 23.7 Å². The van der Waals surface area contributed by atoms with E-state index in [2.05, 4.69) is 10.2 Å². The van der Waals surface area contributed by atoms with E-state index in [1.807, 2.05) is 25.6 Å². The molecule has 4 nitrogen and oxygen atoms in total. The summed E-state index contributed by atoms with van der Waals surface area (Å²) in [5.74, 6) is 2.42. The van der Waals surface area contributed by atoms with Gasteiger partial charge in [0.15, 0.2) is 5.78 Å². The Morgan fingerprint density at radius 1 is 1.28 bits per heavy atom. The van der Waals surface area contributed by atoms with E-state index in [0.29, 0.717) is 6.54 Å². The summed E-state index contributed by atoms with van der Waals surface area (Å²) in [6.07, 6.45) is 1.14. The van der Waals surface area contributed by atoms with Crippen LogP contribution in [-0.4, -0.2) is 53.8 Å². The van der Waals surface area contributed by atoms with Crippen LogP contribution >= 0.6 is 11.8 Å². The Morgan fingerprint density at radius 3 is 2.61 bits per heavy atom. The number of thioether (sulfide) groups is 1. The molecule has 0 radical (unpaired) electrons. The van der Waals surface area contributed by atoms with Gasteiger partial charge < -0.3 is 5.32 Å². The van der Waals surface area contributed by atoms with Gasteiger partial charge in [0.25, 0.3) is 0 Å². The largest absolute Gasteiger partial charge is 0.345 e. The van der Waals surface area contributed by atoms with Crippen LogP contribution in [0, 0.1) is 5.92 Å². The fourth-order valence-corrected chi connectivity index (χ4v) is 3.04. The Bertz CT molecular complexity index is 287. The van der Waals surface area contributed by atoms with Crippen molar-refractivity contribution in [3.63, 3.8) is 0 Å². The molecule has 1 rings (SSSR count). The molecule has 1 atom stereocenters. The first-order valence-electron chi connectivity index (χ1n) is 6.60. The van der Waals surface area contributed by atoms with Gasteiger partial charge in [0.05, 0.1) is 12.6 Å². The van der Waals surface area contributed by atoms with Crippen LogP contribution in [0.25, 0.3) is 0 Å². The Labute approximate surface area is 114 Å². The molecule has 5 heteroatoms. The summed E-state index contributed by atoms with van der Waals surface area (Å²) < 4.78 is 0. The van der Waals surface area contributed by atoms with Crippen molar-refractivity contribution in [1.82, 2.24) is 10.2 Å². The average molecular weight is 272 g/mol. The maximum absolute atomic E-state index is 11.9. The van der Waals surface area contributed by atoms with Gasteiger partial charge >= 0.3 is 0 Å². The third-order valence-electron chi connectivity index (χ3n) is 3.10. The zero-order valence-electron chi connectivity index (χ0n) is 11.6. The SMILES string of the molecule is CC(=O)C(NC(=O)CN1CCCSCC1)C(C)C. The summed E-state index contributed by atoms with van der Waals surface area (Å²) in [7, 11) is 0. The zero-order chi connectivity index (χ0) is 13.5. The third-order valence-corrected chi connectivity index (χ3v) is 4.15. The number of hydrogen-bond acceptors (Lipinski definition) is 4. The van der Waals surface area contributed by atoms with Crippen LogP contribution < -0.4 is 5.32 Å². The standard InChI is InChI=1S/C13H24N2O2S/c1-10(2)13(11(3)16)14-12(17)9-15-5-4-7-18-8-6-15/h10,13H,4-9H2,1-3H3,(H,14,17). The molecule has 0 spiro atoms. The normalized spacial score (nSPS) is 19.3. The molecule has 1 aliphatic heterocycles. The Morgan fingerprint density at radius 2 is 2.00 bits per heavy atom. The molecule has 18 heavy (non-hydrogen) atoms. The van der Waals surface area contributed by atoms with Crippen LogP contribution in [0.1, 0.15) is 27.2 Å². The molecule has 0 aromatic rings. The molecule has 1 aliphatic rings.